The van der Waals surface area contributed by atoms with E-state index in [0.29, 0.717) is 11.1 Å². The molecule has 272 valence electrons. The molecule has 1 aromatic heterocycles. The summed E-state index contributed by atoms with van der Waals surface area (Å²) in [6, 6.07) is 45.3. The summed E-state index contributed by atoms with van der Waals surface area (Å²) in [5, 5.41) is 5.79. The standard InChI is InChI=1S/C52H30F4Se/c53-40-21-10-22-41(54)51(40)49-34-16-5-1-12-30(34)46(31-13-2-6-17-35(31)49)29-26-27-38-45(28-29)57-44-25-9-20-39(48(38)44)47-32-14-3-7-18-36(32)50(37-19-8-4-15-33(37)47)52-42(55)23-11-24-43(52)56/h1-28,30,46H. The van der Waals surface area contributed by atoms with Crippen LogP contribution in [0, 0.1) is 29.2 Å². The van der Waals surface area contributed by atoms with Gasteiger partial charge in [-0.15, -0.1) is 0 Å². The summed E-state index contributed by atoms with van der Waals surface area (Å²) in [6.45, 7) is 0. The molecule has 11 rings (SSSR count). The molecule has 0 spiro atoms. The first-order chi connectivity index (χ1) is 28.0. The molecule has 0 nitrogen and oxygen atoms in total. The van der Waals surface area contributed by atoms with Gasteiger partial charge in [0, 0.05) is 0 Å². The minimum atomic E-state index is -0.593. The number of benzene rings is 8. The molecule has 0 N–H and O–H groups in total. The predicted molar refractivity (Wildman–Crippen MR) is 227 cm³/mol. The van der Waals surface area contributed by atoms with Gasteiger partial charge in [-0.3, -0.25) is 0 Å². The van der Waals surface area contributed by atoms with Crippen LogP contribution < -0.4 is 0 Å². The summed E-state index contributed by atoms with van der Waals surface area (Å²) in [6.07, 6.45) is 8.15. The molecule has 2 aliphatic carbocycles. The van der Waals surface area contributed by atoms with Crippen LogP contribution >= 0.6 is 0 Å². The average molecular weight is 810 g/mol. The van der Waals surface area contributed by atoms with Crippen molar-refractivity contribution in [3.05, 3.63) is 221 Å². The number of halogens is 4. The Balaban J connectivity index is 1.13. The van der Waals surface area contributed by atoms with E-state index in [9.17, 15) is 0 Å². The second kappa shape index (κ2) is 13.2. The van der Waals surface area contributed by atoms with Gasteiger partial charge in [-0.05, 0) is 0 Å². The summed E-state index contributed by atoms with van der Waals surface area (Å²) >= 11 is -0.00481. The van der Waals surface area contributed by atoms with E-state index in [1.807, 2.05) is 72.8 Å². The van der Waals surface area contributed by atoms with Crippen LogP contribution in [0.1, 0.15) is 28.2 Å². The Morgan fingerprint density at radius 2 is 1.02 bits per heavy atom. The van der Waals surface area contributed by atoms with Crippen molar-refractivity contribution in [1.82, 2.24) is 0 Å². The van der Waals surface area contributed by atoms with Crippen LogP contribution in [0.5, 0.6) is 0 Å². The SMILES string of the molecule is Fc1cccc(F)c1C1=C2C=CC=CC2C(c2ccc3c(c2)[se]c2cccc(-c4c5ccccc5c(-c5c(F)cccc5F)c5ccccc45)c23)c2ccccc21. The third-order valence-electron chi connectivity index (χ3n) is 11.8. The molecule has 2 aliphatic rings. The van der Waals surface area contributed by atoms with Gasteiger partial charge in [0.1, 0.15) is 0 Å². The molecule has 9 aromatic rings. The molecule has 0 radical (unpaired) electrons. The first-order valence-corrected chi connectivity index (χ1v) is 20.7. The molecule has 5 heteroatoms. The first-order valence-electron chi connectivity index (χ1n) is 18.9. The monoisotopic (exact) mass is 810 g/mol. The topological polar surface area (TPSA) is 0 Å². The predicted octanol–water partition coefficient (Wildman–Crippen LogP) is 13.9. The summed E-state index contributed by atoms with van der Waals surface area (Å²) in [5.74, 6) is -2.53. The summed E-state index contributed by atoms with van der Waals surface area (Å²) in [4.78, 5) is 0. The number of allylic oxidation sites excluding steroid dienone is 5. The third kappa shape index (κ3) is 5.12. The molecule has 8 aromatic carbocycles. The van der Waals surface area contributed by atoms with E-state index in [1.165, 1.54) is 55.7 Å². The normalized spacial score (nSPS) is 16.2. The zero-order chi connectivity index (χ0) is 38.4. The molecule has 2 unspecified atom stereocenters. The van der Waals surface area contributed by atoms with Crippen LogP contribution in [0.2, 0.25) is 0 Å². The quantitative estimate of drug-likeness (QED) is 0.0944. The summed E-state index contributed by atoms with van der Waals surface area (Å²) in [5.41, 5.74) is 7.20. The zero-order valence-electron chi connectivity index (χ0n) is 30.2. The van der Waals surface area contributed by atoms with Gasteiger partial charge in [-0.25, -0.2) is 0 Å². The Bertz CT molecular complexity index is 3160. The zero-order valence-corrected chi connectivity index (χ0v) is 32.0. The fraction of sp³-hybridized carbons (Fsp3) is 0.0385. The van der Waals surface area contributed by atoms with Crippen molar-refractivity contribution in [1.29, 1.82) is 0 Å². The van der Waals surface area contributed by atoms with Crippen molar-refractivity contribution >= 4 is 60.9 Å². The summed E-state index contributed by atoms with van der Waals surface area (Å²) in [7, 11) is 0. The van der Waals surface area contributed by atoms with Crippen molar-refractivity contribution in [3.8, 4) is 22.3 Å². The van der Waals surface area contributed by atoms with Gasteiger partial charge in [0.05, 0.1) is 0 Å². The second-order valence-electron chi connectivity index (χ2n) is 14.7. The molecule has 0 amide bonds. The van der Waals surface area contributed by atoms with Gasteiger partial charge in [-0.1, -0.05) is 0 Å². The maximum atomic E-state index is 15.6. The van der Waals surface area contributed by atoms with Gasteiger partial charge < -0.3 is 0 Å². The molecule has 2 atom stereocenters. The Morgan fingerprint density at radius 3 is 1.70 bits per heavy atom. The van der Waals surface area contributed by atoms with Gasteiger partial charge in [0.25, 0.3) is 0 Å². The minimum absolute atomic E-state index is 0.00481. The van der Waals surface area contributed by atoms with Gasteiger partial charge in [0.2, 0.25) is 0 Å². The van der Waals surface area contributed by atoms with Crippen molar-refractivity contribution in [2.24, 2.45) is 5.92 Å². The van der Waals surface area contributed by atoms with E-state index in [0.717, 1.165) is 54.9 Å². The van der Waals surface area contributed by atoms with Crippen molar-refractivity contribution in [2.45, 2.75) is 5.92 Å². The van der Waals surface area contributed by atoms with E-state index < -0.39 is 23.3 Å². The Morgan fingerprint density at radius 1 is 0.439 bits per heavy atom. The number of hydrogen-bond donors (Lipinski definition) is 0. The van der Waals surface area contributed by atoms with Gasteiger partial charge >= 0.3 is 334 Å². The summed E-state index contributed by atoms with van der Waals surface area (Å²) < 4.78 is 64.6. The maximum absolute atomic E-state index is 15.6. The molecule has 0 bridgehead atoms. The average Bonchev–Trinajstić information content (AvgIpc) is 3.61. The molecule has 0 aliphatic heterocycles. The van der Waals surface area contributed by atoms with E-state index in [1.54, 1.807) is 0 Å². The van der Waals surface area contributed by atoms with Crippen molar-refractivity contribution < 1.29 is 17.6 Å². The fourth-order valence-electron chi connectivity index (χ4n) is 9.51. The van der Waals surface area contributed by atoms with E-state index in [2.05, 4.69) is 60.7 Å². The van der Waals surface area contributed by atoms with E-state index in [4.69, 9.17) is 0 Å². The number of fused-ring (bicyclic) bond motifs is 7. The van der Waals surface area contributed by atoms with Crippen LogP contribution in [-0.2, 0) is 0 Å². The first kappa shape index (κ1) is 34.0. The second-order valence-corrected chi connectivity index (χ2v) is 17.0. The molecule has 0 saturated carbocycles. The van der Waals surface area contributed by atoms with E-state index >= 15 is 17.6 Å². The third-order valence-corrected chi connectivity index (χ3v) is 14.1. The van der Waals surface area contributed by atoms with Crippen LogP contribution in [0.4, 0.5) is 17.6 Å². The molecular weight excluding hydrogens is 780 g/mol. The van der Waals surface area contributed by atoms with Crippen LogP contribution in [0.3, 0.4) is 0 Å². The number of rotatable bonds is 4. The number of hydrogen-bond acceptors (Lipinski definition) is 0. The van der Waals surface area contributed by atoms with Gasteiger partial charge in [0.15, 0.2) is 0 Å². The van der Waals surface area contributed by atoms with Crippen molar-refractivity contribution in [2.75, 3.05) is 0 Å². The van der Waals surface area contributed by atoms with Crippen LogP contribution in [0.15, 0.2) is 175 Å². The molecule has 57 heavy (non-hydrogen) atoms. The van der Waals surface area contributed by atoms with E-state index in [-0.39, 0.29) is 37.5 Å². The van der Waals surface area contributed by atoms with Crippen LogP contribution in [0.25, 0.3) is 68.7 Å². The Kier molecular flexibility index (Phi) is 7.86. The molecular formula is C52H30F4Se. The van der Waals surface area contributed by atoms with Gasteiger partial charge in [-0.2, -0.15) is 0 Å². The van der Waals surface area contributed by atoms with Crippen molar-refractivity contribution in [3.63, 3.8) is 0 Å². The molecule has 0 saturated heterocycles. The molecule has 0 fully saturated rings. The Labute approximate surface area is 332 Å². The molecule has 1 heterocycles. The fourth-order valence-corrected chi connectivity index (χ4v) is 12.0. The Hall–Kier alpha value is -6.26. The van der Waals surface area contributed by atoms with Crippen LogP contribution in [-0.4, -0.2) is 14.5 Å².